The van der Waals surface area contributed by atoms with E-state index in [4.69, 9.17) is 90.0 Å². The van der Waals surface area contributed by atoms with Crippen LogP contribution in [-0.4, -0.2) is 236 Å². The number of esters is 8. The predicted molar refractivity (Wildman–Crippen MR) is 454 cm³/mol. The number of thioether (sulfide) groups is 1. The molecule has 0 bridgehead atoms. The molecule has 129 heavy (non-hydrogen) atoms. The molecule has 34 heteroatoms. The first kappa shape index (κ1) is 96.8. The van der Waals surface area contributed by atoms with E-state index in [0.29, 0.717) is 20.9 Å². The van der Waals surface area contributed by atoms with Gasteiger partial charge in [-0.3, -0.25) is 62.5 Å². The van der Waals surface area contributed by atoms with Crippen molar-refractivity contribution in [3.8, 4) is 0 Å². The standard InChI is InChI=1S/C95H106N2O31S/c1-53-77(113-47-62-30-18-14-19-31-62)83(114-48-63-32-20-15-21-33-63)85(115-49-64-34-22-16-23-35-64)89(117-53)126-81-76(97-87(106)69-40-28-29-41-70(69)88(97)107)91(129-68-38-24-17-25-39-68)124-72(50-111-46-65-42-43-66-36-26-27-37-67(66)44-65)78(81)125-90-86(122-61(9)105)84(80(121-60(8)104)74(123-90)52-116-92(108)94(10,11)12)128-95(93(109)110-13)45-71(118-57(5)101)75(96(54(2)98)55(3)99)82(127-95)79(120-59(7)103)73(119-58(6)102)51-112-56(4)100/h14-44,53,71-86,89-91H,45-52H2,1-13H3/t53-,71-,72+,73+,74+,75+,76+,77+,78+,79+,80-,81+,82+,83+,84-,85-,86+,89-,90-,91-,95-/m0/s1. The lowest BCUT2D eigenvalue weighted by Crippen LogP contribution is -2.73. The van der Waals surface area contributed by atoms with E-state index in [1.165, 1.54) is 32.9 Å². The number of carbonyl (C=O) groups excluding carboxylic acids is 12. The van der Waals surface area contributed by atoms with E-state index >= 15 is 14.4 Å². The molecule has 12 rings (SSSR count). The van der Waals surface area contributed by atoms with E-state index in [1.807, 2.05) is 133 Å². The highest BCUT2D eigenvalue weighted by Crippen LogP contribution is 2.48. The first-order valence-corrected chi connectivity index (χ1v) is 43.0. The van der Waals surface area contributed by atoms with Gasteiger partial charge in [-0.1, -0.05) is 169 Å². The van der Waals surface area contributed by atoms with Gasteiger partial charge in [0.15, 0.2) is 37.0 Å². The number of hydrogen-bond donors (Lipinski definition) is 0. The molecule has 7 aromatic rings. The number of hydrogen-bond acceptors (Lipinski definition) is 32. The van der Waals surface area contributed by atoms with Crippen molar-refractivity contribution in [1.29, 1.82) is 0 Å². The molecule has 21 atom stereocenters. The summed E-state index contributed by atoms with van der Waals surface area (Å²) in [5.74, 6) is -16.5. The van der Waals surface area contributed by atoms with Crippen molar-refractivity contribution in [3.63, 3.8) is 0 Å². The molecule has 0 unspecified atom stereocenters. The van der Waals surface area contributed by atoms with Crippen LogP contribution < -0.4 is 0 Å². The lowest BCUT2D eigenvalue weighted by atomic mass is 9.86. The number of rotatable bonds is 35. The average Bonchev–Trinajstić information content (AvgIpc) is 1.06. The van der Waals surface area contributed by atoms with E-state index in [2.05, 4.69) is 0 Å². The first-order chi connectivity index (χ1) is 61.7. The molecule has 5 heterocycles. The summed E-state index contributed by atoms with van der Waals surface area (Å²) < 4.78 is 127. The van der Waals surface area contributed by atoms with Crippen LogP contribution >= 0.6 is 11.8 Å². The topological polar surface area (TPSA) is 387 Å². The molecular formula is C95H106N2O31S. The second kappa shape index (κ2) is 43.9. The fraction of sp³-hybridized carbons (Fsp3) is 0.453. The number of carbonyl (C=O) groups is 12. The maximum Gasteiger partial charge on any atom is 0.366 e. The third-order valence-corrected chi connectivity index (χ3v) is 23.0. The van der Waals surface area contributed by atoms with Crippen LogP contribution in [0, 0.1) is 5.41 Å². The minimum Gasteiger partial charge on any atom is -0.465 e. The van der Waals surface area contributed by atoms with E-state index in [1.54, 1.807) is 49.4 Å². The Morgan fingerprint density at radius 3 is 1.55 bits per heavy atom. The maximum absolute atomic E-state index is 16.0. The van der Waals surface area contributed by atoms with Gasteiger partial charge in [0.2, 0.25) is 11.8 Å². The number of amides is 4. The summed E-state index contributed by atoms with van der Waals surface area (Å²) in [6.45, 7) is 11.1. The normalized spacial score (nSPS) is 26.6. The molecule has 33 nitrogen and oxygen atoms in total. The Bertz CT molecular complexity index is 5050. The summed E-state index contributed by atoms with van der Waals surface area (Å²) in [5, 5.41) is 1.78. The molecule has 4 amide bonds. The van der Waals surface area contributed by atoms with E-state index in [-0.39, 0.29) is 37.6 Å². The van der Waals surface area contributed by atoms with Crippen molar-refractivity contribution in [2.45, 2.75) is 248 Å². The van der Waals surface area contributed by atoms with Crippen molar-refractivity contribution in [2.75, 3.05) is 26.9 Å². The fourth-order valence-corrected chi connectivity index (χ4v) is 17.5. The molecule has 4 fully saturated rings. The Balaban J connectivity index is 1.11. The molecule has 0 aliphatic carbocycles. The highest BCUT2D eigenvalue weighted by atomic mass is 32.2. The lowest BCUT2D eigenvalue weighted by molar-refractivity contribution is -0.389. The summed E-state index contributed by atoms with van der Waals surface area (Å²) in [4.78, 5) is 175. The highest BCUT2D eigenvalue weighted by molar-refractivity contribution is 7.99. The van der Waals surface area contributed by atoms with Crippen LogP contribution in [0.15, 0.2) is 193 Å². The van der Waals surface area contributed by atoms with Crippen LogP contribution in [0.2, 0.25) is 0 Å². The Morgan fingerprint density at radius 2 is 1.01 bits per heavy atom. The minimum atomic E-state index is -3.37. The number of benzene rings is 7. The lowest BCUT2D eigenvalue weighted by Gasteiger charge is -2.54. The van der Waals surface area contributed by atoms with E-state index in [0.717, 1.165) is 101 Å². The zero-order valence-corrected chi connectivity index (χ0v) is 74.4. The molecule has 5 aliphatic rings. The molecule has 0 N–H and O–H groups in total. The number of methoxy groups -OCH3 is 1. The minimum absolute atomic E-state index is 0.0215. The quantitative estimate of drug-likeness (QED) is 0.0202. The van der Waals surface area contributed by atoms with E-state index in [9.17, 15) is 43.2 Å². The summed E-state index contributed by atoms with van der Waals surface area (Å²) in [7, 11) is 0.850. The Labute approximate surface area is 749 Å². The van der Waals surface area contributed by atoms with Gasteiger partial charge >= 0.3 is 47.8 Å². The first-order valence-electron chi connectivity index (χ1n) is 42.1. The highest BCUT2D eigenvalue weighted by Gasteiger charge is 2.67. The van der Waals surface area contributed by atoms with Crippen molar-refractivity contribution >= 4 is 93.9 Å². The van der Waals surface area contributed by atoms with Gasteiger partial charge in [0.1, 0.15) is 91.8 Å². The molecule has 0 saturated carbocycles. The van der Waals surface area contributed by atoms with Crippen molar-refractivity contribution < 1.29 is 148 Å². The molecule has 5 aliphatic heterocycles. The summed E-state index contributed by atoms with van der Waals surface area (Å²) >= 11 is 1.09. The zero-order chi connectivity index (χ0) is 92.5. The average molecular weight is 1800 g/mol. The van der Waals surface area contributed by atoms with Gasteiger partial charge in [-0.05, 0) is 91.1 Å². The molecule has 4 saturated heterocycles. The van der Waals surface area contributed by atoms with Crippen LogP contribution in [0.5, 0.6) is 0 Å². The molecule has 688 valence electrons. The molecular weight excluding hydrogens is 1700 g/mol. The van der Waals surface area contributed by atoms with Crippen LogP contribution in [0.3, 0.4) is 0 Å². The molecule has 0 spiro atoms. The third-order valence-electron chi connectivity index (χ3n) is 21.8. The third kappa shape index (κ3) is 24.3. The van der Waals surface area contributed by atoms with E-state index < -0.39 is 230 Å². The summed E-state index contributed by atoms with van der Waals surface area (Å²) in [5.41, 5.74) is 0.118. The van der Waals surface area contributed by atoms with Gasteiger partial charge in [0.25, 0.3) is 17.6 Å². The molecule has 0 radical (unpaired) electrons. The number of ether oxygens (including phenoxy) is 19. The molecule has 0 aromatic heterocycles. The summed E-state index contributed by atoms with van der Waals surface area (Å²) in [6.07, 6.45) is -33.0. The predicted octanol–water partition coefficient (Wildman–Crippen LogP) is 10.2. The monoisotopic (exact) mass is 1800 g/mol. The number of fused-ring (bicyclic) bond motifs is 2. The fourth-order valence-electron chi connectivity index (χ4n) is 16.3. The largest absolute Gasteiger partial charge is 0.465 e. The SMILES string of the molecule is COC(=O)[C@@]1(O[C@H]2[C@@H](OC(C)=O)[C@@H](COC(=O)C(C)(C)C)O[C@@H](O[C@H]3[C@H](O[C@@H]4O[C@@H](C)[C@@H](OCc5ccccc5)[C@@H](OCc5ccccc5)[C@@H]4OCc4ccccc4)[C@@H](N4C(=O)c5ccccc5C4=O)[C@H](Sc4ccccc4)O[C@@H]3COCc3ccc4ccccc4c3)[C@@H]2OC(C)=O)C[C@H](OC(C)=O)[C@@H](N(C(C)=O)C(C)=O)[C@H]([C@H](OC(C)=O)[C@@H](COC(C)=O)OC(C)=O)O1. The van der Waals surface area contributed by atoms with Gasteiger partial charge < -0.3 is 90.0 Å². The second-order valence-electron chi connectivity index (χ2n) is 32.6. The van der Waals surface area contributed by atoms with Crippen LogP contribution in [0.25, 0.3) is 10.8 Å². The number of nitrogens with zero attached hydrogens (tertiary/aromatic N) is 2. The van der Waals surface area contributed by atoms with Gasteiger partial charge in [-0.25, -0.2) is 4.79 Å². The van der Waals surface area contributed by atoms with Crippen molar-refractivity contribution in [1.82, 2.24) is 9.80 Å². The second-order valence-corrected chi connectivity index (χ2v) is 33.8. The van der Waals surface area contributed by atoms with Crippen molar-refractivity contribution in [2.24, 2.45) is 5.41 Å². The van der Waals surface area contributed by atoms with Gasteiger partial charge in [-0.2, -0.15) is 0 Å². The Hall–Kier alpha value is -11.2. The van der Waals surface area contributed by atoms with Crippen molar-refractivity contribution in [3.05, 3.63) is 221 Å². The summed E-state index contributed by atoms with van der Waals surface area (Å²) in [6, 6.07) is 52.4. The smallest absolute Gasteiger partial charge is 0.366 e. The van der Waals surface area contributed by atoms with Gasteiger partial charge in [0, 0.05) is 60.3 Å². The Morgan fingerprint density at radius 1 is 0.496 bits per heavy atom. The van der Waals surface area contributed by atoms with Gasteiger partial charge in [0.05, 0.1) is 69.2 Å². The van der Waals surface area contributed by atoms with Crippen LogP contribution in [0.1, 0.15) is 132 Å². The van der Waals surface area contributed by atoms with Crippen LogP contribution in [0.4, 0.5) is 0 Å². The Kier molecular flexibility index (Phi) is 33.0. The zero-order valence-electron chi connectivity index (χ0n) is 73.6. The van der Waals surface area contributed by atoms with Gasteiger partial charge in [-0.15, -0.1) is 0 Å². The van der Waals surface area contributed by atoms with Crippen LogP contribution in [-0.2, 0) is 164 Å². The molecule has 7 aromatic carbocycles. The number of imide groups is 2. The maximum atomic E-state index is 16.0.